The van der Waals surface area contributed by atoms with Crippen molar-refractivity contribution in [2.45, 2.75) is 101 Å². The van der Waals surface area contributed by atoms with E-state index in [2.05, 4.69) is 55.0 Å². The second-order valence-electron chi connectivity index (χ2n) is 21.7. The summed E-state index contributed by atoms with van der Waals surface area (Å²) in [5.74, 6) is -1.67. The molecule has 2 aliphatic carbocycles. The van der Waals surface area contributed by atoms with Crippen molar-refractivity contribution in [3.05, 3.63) is 98.7 Å². The van der Waals surface area contributed by atoms with E-state index in [9.17, 15) is 40.0 Å². The number of nitrogens with one attached hydrogen (secondary N) is 1. The molecule has 0 spiro atoms. The number of benzene rings is 2. The predicted octanol–water partition coefficient (Wildman–Crippen LogP) is 8.38. The van der Waals surface area contributed by atoms with Crippen LogP contribution in [0.3, 0.4) is 0 Å². The molecule has 9 rings (SSSR count). The number of halogens is 8. The molecule has 3 aromatic heterocycles. The van der Waals surface area contributed by atoms with Gasteiger partial charge >= 0.3 is 12.1 Å². The predicted molar refractivity (Wildman–Crippen MR) is 287 cm³/mol. The third kappa shape index (κ3) is 14.7. The van der Waals surface area contributed by atoms with Crippen molar-refractivity contribution in [2.75, 3.05) is 72.7 Å². The van der Waals surface area contributed by atoms with Gasteiger partial charge in [-0.1, -0.05) is 29.5 Å². The Labute approximate surface area is 461 Å². The van der Waals surface area contributed by atoms with Crippen LogP contribution in [0.15, 0.2) is 42.5 Å². The number of nitrogens with zero attached hydrogens (tertiary/aromatic N) is 8. The number of piperazine rings is 2. The molecule has 5 aromatic rings. The smallest absolute Gasteiger partial charge is 0.435 e. The molecule has 3 fully saturated rings. The Morgan fingerprint density at radius 3 is 2.10 bits per heavy atom. The summed E-state index contributed by atoms with van der Waals surface area (Å²) in [6, 6.07) is 9.36. The lowest BCUT2D eigenvalue weighted by Gasteiger charge is -2.40. The highest BCUT2D eigenvalue weighted by atomic mass is 35.5. The molecule has 2 saturated heterocycles. The van der Waals surface area contributed by atoms with Gasteiger partial charge < -0.3 is 19.9 Å². The minimum Gasteiger partial charge on any atom is -0.447 e. The van der Waals surface area contributed by atoms with Crippen LogP contribution >= 0.6 is 11.6 Å². The van der Waals surface area contributed by atoms with Gasteiger partial charge in [0.25, 0.3) is 5.92 Å². The van der Waals surface area contributed by atoms with Gasteiger partial charge in [-0.3, -0.25) is 23.9 Å². The van der Waals surface area contributed by atoms with Crippen LogP contribution in [-0.4, -0.2) is 143 Å². The normalized spacial score (nSPS) is 18.9. The number of hydrogen-bond acceptors (Lipinski definition) is 12. The van der Waals surface area contributed by atoms with Gasteiger partial charge in [-0.15, -0.1) is 6.42 Å². The third-order valence-electron chi connectivity index (χ3n) is 14.3. The van der Waals surface area contributed by atoms with Crippen molar-refractivity contribution < 1.29 is 53.5 Å². The Morgan fingerprint density at radius 2 is 1.54 bits per heavy atom. The van der Waals surface area contributed by atoms with Gasteiger partial charge in [-0.25, -0.2) is 22.2 Å². The molecule has 14 nitrogen and oxygen atoms in total. The first-order valence-corrected chi connectivity index (χ1v) is 28.1. The van der Waals surface area contributed by atoms with Crippen LogP contribution in [0.5, 0.6) is 0 Å². The van der Waals surface area contributed by atoms with E-state index in [4.69, 9.17) is 27.7 Å². The molecule has 2 aromatic carbocycles. The maximum absolute atomic E-state index is 15.5. The average molecular weight is 1140 g/mol. The molecular formula is C56H65ClF7N9O5S. The number of likely N-dealkylation sites (N-methyl/N-ethyl adjacent to an activating group) is 2. The Morgan fingerprint density at radius 1 is 0.924 bits per heavy atom. The molecule has 426 valence electrons. The molecule has 0 amide bonds. The molecule has 2 aliphatic heterocycles. The number of sulfone groups is 1. The summed E-state index contributed by atoms with van der Waals surface area (Å²) in [6.45, 7) is 15.6. The molecule has 5 heterocycles. The van der Waals surface area contributed by atoms with Gasteiger partial charge in [0.05, 0.1) is 33.2 Å². The Kier molecular flexibility index (Phi) is 18.2. The summed E-state index contributed by atoms with van der Waals surface area (Å²) in [7, 11) is 2.19. The quantitative estimate of drug-likeness (QED) is 0.0727. The van der Waals surface area contributed by atoms with Gasteiger partial charge in [0.1, 0.15) is 29.6 Å². The van der Waals surface area contributed by atoms with Crippen molar-refractivity contribution in [2.24, 2.45) is 13.0 Å². The lowest BCUT2D eigenvalue weighted by atomic mass is 9.86. The Balaban J connectivity index is 0.000000487. The molecule has 4 aliphatic rings. The molecule has 79 heavy (non-hydrogen) atoms. The highest BCUT2D eigenvalue weighted by Gasteiger charge is 2.68. The van der Waals surface area contributed by atoms with E-state index >= 15 is 8.78 Å². The number of fused-ring (bicyclic) bond motifs is 4. The molecule has 1 N–H and O–H groups in total. The Hall–Kier alpha value is -5.88. The first-order valence-electron chi connectivity index (χ1n) is 25.7. The fourth-order valence-electron chi connectivity index (χ4n) is 10.3. The van der Waals surface area contributed by atoms with Crippen LogP contribution in [0.1, 0.15) is 98.9 Å². The van der Waals surface area contributed by atoms with Crippen LogP contribution < -0.4 is 5.32 Å². The van der Waals surface area contributed by atoms with Crippen molar-refractivity contribution in [3.8, 4) is 35.3 Å². The summed E-state index contributed by atoms with van der Waals surface area (Å²) in [5.41, 5.74) is -2.42. The van der Waals surface area contributed by atoms with Crippen LogP contribution in [0, 0.1) is 41.7 Å². The molecule has 0 unspecified atom stereocenters. The zero-order valence-corrected chi connectivity index (χ0v) is 47.2. The summed E-state index contributed by atoms with van der Waals surface area (Å²) in [4.78, 5) is 36.3. The average Bonchev–Trinajstić information content (AvgIpc) is 3.59. The van der Waals surface area contributed by atoms with Crippen molar-refractivity contribution in [1.82, 2.24) is 44.6 Å². The highest BCUT2D eigenvalue weighted by Crippen LogP contribution is 2.68. The topological polar surface area (TPSA) is 148 Å². The summed E-state index contributed by atoms with van der Waals surface area (Å²) in [5, 5.41) is 11.8. The number of ketones is 1. The standard InChI is InChI=1S/C44H43ClF7N7O3S.C7H10O2.C5H12N2/c1-42(2,58-14-12-56(3)13-15-58)11-10-28-6-7-30(31-8-9-34(45)37-35(23-63(5,61)62)54-57(4)39(31)37)38(53-28)25(16-24-17-26(46)20-27(47)18-24)19-29(60)22-59-41-36(40(55-59)44(50,51)52)32-21-33(32)43(41,48)49;1-5-7(3,4)9-6(2)8;1-7-4-2-6-3-5-7/h6-9,17-18,20,25,32-33H,12-16,19,21-23H2,1-5H3;1H,2-4H3;6H,2-5H2,1H3/t25-,32+,33-;;/m1../s1. The monoisotopic (exact) mass is 1140 g/mol. The van der Waals surface area contributed by atoms with Crippen molar-refractivity contribution in [1.29, 1.82) is 0 Å². The largest absolute Gasteiger partial charge is 0.447 e. The van der Waals surface area contributed by atoms with Crippen molar-refractivity contribution in [3.63, 3.8) is 0 Å². The number of hydrogen-bond donors (Lipinski definition) is 1. The van der Waals surface area contributed by atoms with Gasteiger partial charge in [0.15, 0.2) is 26.9 Å². The van der Waals surface area contributed by atoms with Gasteiger partial charge in [-0.2, -0.15) is 32.1 Å². The number of aryl methyl sites for hydroxylation is 1. The maximum atomic E-state index is 15.5. The van der Waals surface area contributed by atoms with Crippen LogP contribution in [0.25, 0.3) is 22.0 Å². The number of ether oxygens (including phenoxy) is 1. The van der Waals surface area contributed by atoms with Gasteiger partial charge in [0.2, 0.25) is 0 Å². The zero-order chi connectivity index (χ0) is 58.2. The van der Waals surface area contributed by atoms with E-state index in [1.807, 2.05) is 20.9 Å². The van der Waals surface area contributed by atoms with Crippen molar-refractivity contribution >= 4 is 44.1 Å². The van der Waals surface area contributed by atoms with E-state index in [1.165, 1.54) is 24.7 Å². The van der Waals surface area contributed by atoms with E-state index < -0.39 is 104 Å². The van der Waals surface area contributed by atoms with E-state index in [-0.39, 0.29) is 46.5 Å². The number of carbonyl (C=O) groups excluding carboxylic acids is 2. The van der Waals surface area contributed by atoms with E-state index in [0.29, 0.717) is 32.8 Å². The zero-order valence-electron chi connectivity index (χ0n) is 45.6. The fraction of sp³-hybridized carbons (Fsp3) is 0.518. The number of Topliss-reactive ketones (excluding diaryl/α,β-unsaturated/α-hetero) is 1. The highest BCUT2D eigenvalue weighted by molar-refractivity contribution is 7.89. The van der Waals surface area contributed by atoms with Gasteiger partial charge in [0, 0.05) is 119 Å². The third-order valence-corrected chi connectivity index (χ3v) is 15.4. The maximum Gasteiger partial charge on any atom is 0.435 e. The summed E-state index contributed by atoms with van der Waals surface area (Å²) in [6.07, 6.45) is 0.125. The van der Waals surface area contributed by atoms with Crippen LogP contribution in [0.4, 0.5) is 30.7 Å². The molecular weight excluding hydrogens is 1080 g/mol. The number of pyridine rings is 1. The second-order valence-corrected chi connectivity index (χ2v) is 24.3. The number of aromatic nitrogens is 5. The van der Waals surface area contributed by atoms with Gasteiger partial charge in [-0.05, 0) is 102 Å². The first kappa shape index (κ1) is 60.8. The van der Waals surface area contributed by atoms with E-state index in [1.54, 1.807) is 45.2 Å². The molecule has 1 saturated carbocycles. The van der Waals surface area contributed by atoms with Crippen LogP contribution in [0.2, 0.25) is 5.02 Å². The second kappa shape index (κ2) is 23.7. The molecule has 0 bridgehead atoms. The minimum atomic E-state index is -5.05. The number of esters is 1. The summed E-state index contributed by atoms with van der Waals surface area (Å²) >= 11 is 6.70. The number of terminal acetylenes is 1. The SMILES string of the molecule is C#CC(C)(C)OC(C)=O.CN1CCN(C(C)(C)C#Cc2ccc(-c3ccc(Cl)c4c(CS(C)(=O)=O)nn(C)c34)c([C@@H](CC(=O)Cn3nc(C(F)(F)F)c4c3C(F)(F)[C@@H]3C[C@H]43)Cc3cc(F)cc(F)c3)n2)CC1.CN1CCNCC1. The molecule has 3 atom stereocenters. The number of alkyl halides is 5. The molecule has 23 heteroatoms. The Bertz CT molecular complexity index is 3310. The summed E-state index contributed by atoms with van der Waals surface area (Å²) < 4.78 is 135. The van der Waals surface area contributed by atoms with Crippen LogP contribution in [-0.2, 0) is 62.0 Å². The fourth-order valence-corrected chi connectivity index (χ4v) is 11.3. The lowest BCUT2D eigenvalue weighted by Crippen LogP contribution is -2.53. The van der Waals surface area contributed by atoms with E-state index in [0.717, 1.165) is 57.7 Å². The molecule has 0 radical (unpaired) electrons. The number of carbonyl (C=O) groups is 2. The first-order chi connectivity index (χ1) is 36.8. The lowest BCUT2D eigenvalue weighted by molar-refractivity contribution is -0.149. The minimum absolute atomic E-state index is 0.105. The number of rotatable bonds is 12.